The summed E-state index contributed by atoms with van der Waals surface area (Å²) in [6.45, 7) is 4.88. The molecule has 2 heterocycles. The maximum absolute atomic E-state index is 5.09. The minimum Gasteiger partial charge on any atom is -0.337 e. The lowest BCUT2D eigenvalue weighted by molar-refractivity contribution is 0.419. The number of halogens is 1. The van der Waals surface area contributed by atoms with Crippen molar-refractivity contribution in [2.24, 2.45) is 0 Å². The molecule has 0 aliphatic carbocycles. The largest absolute Gasteiger partial charge is 0.337 e. The Labute approximate surface area is 113 Å². The second kappa shape index (κ2) is 5.64. The van der Waals surface area contributed by atoms with Crippen LogP contribution in [0.2, 0.25) is 0 Å². The highest BCUT2D eigenvalue weighted by molar-refractivity contribution is 9.11. The quantitative estimate of drug-likeness (QED) is 0.914. The number of rotatable bonds is 5. The summed E-state index contributed by atoms with van der Waals surface area (Å²) < 4.78 is 6.25. The van der Waals surface area contributed by atoms with Crippen LogP contribution in [-0.2, 0) is 6.42 Å². The molecule has 2 aromatic heterocycles. The Kier molecular flexibility index (Phi) is 4.17. The van der Waals surface area contributed by atoms with E-state index in [-0.39, 0.29) is 0 Å². The Morgan fingerprint density at radius 2 is 2.29 bits per heavy atom. The molecule has 0 fully saturated rings. The van der Waals surface area contributed by atoms with E-state index in [2.05, 4.69) is 43.5 Å². The average Bonchev–Trinajstić information content (AvgIpc) is 2.88. The van der Waals surface area contributed by atoms with Gasteiger partial charge in [0.15, 0.2) is 5.82 Å². The minimum absolute atomic E-state index is 0.294. The van der Waals surface area contributed by atoms with Crippen molar-refractivity contribution in [2.75, 3.05) is 11.9 Å². The first-order chi connectivity index (χ1) is 8.15. The second-order valence-corrected chi connectivity index (χ2v) is 6.54. The summed E-state index contributed by atoms with van der Waals surface area (Å²) >= 11 is 5.19. The van der Waals surface area contributed by atoms with E-state index in [0.717, 1.165) is 22.6 Å². The molecule has 17 heavy (non-hydrogen) atoms. The molecule has 6 heteroatoms. The lowest BCUT2D eigenvalue weighted by Crippen LogP contribution is -2.04. The van der Waals surface area contributed by atoms with Crippen LogP contribution >= 0.6 is 27.3 Å². The molecular weight excluding hydrogens is 302 g/mol. The minimum atomic E-state index is 0.294. The van der Waals surface area contributed by atoms with Crippen molar-refractivity contribution in [1.82, 2.24) is 10.1 Å². The van der Waals surface area contributed by atoms with Gasteiger partial charge in [0.25, 0.3) is 0 Å². The zero-order valence-electron chi connectivity index (χ0n) is 9.74. The van der Waals surface area contributed by atoms with Crippen molar-refractivity contribution in [3.8, 4) is 0 Å². The molecule has 0 aliphatic rings. The molecule has 0 amide bonds. The van der Waals surface area contributed by atoms with E-state index < -0.39 is 0 Å². The monoisotopic (exact) mass is 315 g/mol. The number of nitrogens with zero attached hydrogens (tertiary/aromatic N) is 2. The average molecular weight is 316 g/mol. The van der Waals surface area contributed by atoms with Gasteiger partial charge in [0, 0.05) is 17.3 Å². The summed E-state index contributed by atoms with van der Waals surface area (Å²) in [6.07, 6.45) is 0.954. The Morgan fingerprint density at radius 1 is 1.47 bits per heavy atom. The van der Waals surface area contributed by atoms with Gasteiger partial charge in [-0.1, -0.05) is 19.0 Å². The van der Waals surface area contributed by atoms with Gasteiger partial charge in [-0.3, -0.25) is 0 Å². The van der Waals surface area contributed by atoms with Crippen LogP contribution in [0, 0.1) is 0 Å². The van der Waals surface area contributed by atoms with Gasteiger partial charge in [-0.05, 0) is 34.5 Å². The molecule has 0 aliphatic heterocycles. The zero-order valence-corrected chi connectivity index (χ0v) is 12.1. The third-order valence-electron chi connectivity index (χ3n) is 2.23. The summed E-state index contributed by atoms with van der Waals surface area (Å²) in [5.41, 5.74) is 0. The molecule has 4 nitrogen and oxygen atoms in total. The van der Waals surface area contributed by atoms with Gasteiger partial charge in [0.05, 0.1) is 3.79 Å². The predicted octanol–water partition coefficient (Wildman–Crippen LogP) is 3.67. The van der Waals surface area contributed by atoms with Gasteiger partial charge in [0.1, 0.15) is 0 Å². The number of hydrogen-bond acceptors (Lipinski definition) is 5. The molecule has 0 aromatic carbocycles. The molecule has 2 aromatic rings. The van der Waals surface area contributed by atoms with Crippen LogP contribution in [0.25, 0.3) is 0 Å². The summed E-state index contributed by atoms with van der Waals surface area (Å²) in [5, 5.41) is 7.02. The maximum Gasteiger partial charge on any atom is 0.321 e. The highest BCUT2D eigenvalue weighted by atomic mass is 79.9. The molecule has 0 atom stereocenters. The summed E-state index contributed by atoms with van der Waals surface area (Å²) in [6, 6.07) is 4.68. The first-order valence-electron chi connectivity index (χ1n) is 5.47. The van der Waals surface area contributed by atoms with Crippen molar-refractivity contribution in [3.05, 3.63) is 26.6 Å². The predicted molar refractivity (Wildman–Crippen MR) is 72.6 cm³/mol. The van der Waals surface area contributed by atoms with Gasteiger partial charge < -0.3 is 9.84 Å². The third-order valence-corrected chi connectivity index (χ3v) is 3.92. The number of aromatic nitrogens is 2. The highest BCUT2D eigenvalue weighted by Crippen LogP contribution is 2.22. The Balaban J connectivity index is 1.81. The Bertz CT molecular complexity index is 481. The molecular formula is C11H14BrN3OS. The first-order valence-corrected chi connectivity index (χ1v) is 7.08. The van der Waals surface area contributed by atoms with E-state index in [0.29, 0.717) is 11.9 Å². The van der Waals surface area contributed by atoms with Crippen molar-refractivity contribution < 1.29 is 4.52 Å². The third kappa shape index (κ3) is 3.54. The van der Waals surface area contributed by atoms with Crippen molar-refractivity contribution in [3.63, 3.8) is 0 Å². The smallest absolute Gasteiger partial charge is 0.321 e. The van der Waals surface area contributed by atoms with E-state index >= 15 is 0 Å². The van der Waals surface area contributed by atoms with Gasteiger partial charge in [-0.25, -0.2) is 0 Å². The normalized spacial score (nSPS) is 11.1. The van der Waals surface area contributed by atoms with Crippen LogP contribution in [-0.4, -0.2) is 16.7 Å². The van der Waals surface area contributed by atoms with Crippen LogP contribution < -0.4 is 5.32 Å². The summed E-state index contributed by atoms with van der Waals surface area (Å²) in [7, 11) is 0. The lowest BCUT2D eigenvalue weighted by Gasteiger charge is -1.98. The SMILES string of the molecule is CC(C)c1noc(NCCc2ccc(Br)s2)n1. The fraction of sp³-hybridized carbons (Fsp3) is 0.455. The van der Waals surface area contributed by atoms with Gasteiger partial charge >= 0.3 is 6.01 Å². The summed E-state index contributed by atoms with van der Waals surface area (Å²) in [4.78, 5) is 5.58. The second-order valence-electron chi connectivity index (χ2n) is 4.00. The maximum atomic E-state index is 5.09. The molecule has 0 bridgehead atoms. The number of hydrogen-bond donors (Lipinski definition) is 1. The Morgan fingerprint density at radius 3 is 2.88 bits per heavy atom. The summed E-state index contributed by atoms with van der Waals surface area (Å²) in [5.74, 6) is 1.04. The van der Waals surface area contributed by atoms with E-state index in [9.17, 15) is 0 Å². The molecule has 1 N–H and O–H groups in total. The first kappa shape index (κ1) is 12.6. The fourth-order valence-electron chi connectivity index (χ4n) is 1.32. The van der Waals surface area contributed by atoms with E-state index in [1.165, 1.54) is 4.88 Å². The van der Waals surface area contributed by atoms with Crippen LogP contribution in [0.5, 0.6) is 0 Å². The van der Waals surface area contributed by atoms with E-state index in [4.69, 9.17) is 4.52 Å². The Hall–Kier alpha value is -0.880. The van der Waals surface area contributed by atoms with Gasteiger partial charge in [-0.15, -0.1) is 11.3 Å². The van der Waals surface area contributed by atoms with Crippen LogP contribution in [0.15, 0.2) is 20.4 Å². The van der Waals surface area contributed by atoms with Crippen LogP contribution in [0.3, 0.4) is 0 Å². The fourth-order valence-corrected chi connectivity index (χ4v) is 2.80. The molecule has 0 unspecified atom stereocenters. The molecule has 2 rings (SSSR count). The van der Waals surface area contributed by atoms with Crippen LogP contribution in [0.1, 0.15) is 30.5 Å². The van der Waals surface area contributed by atoms with Crippen molar-refractivity contribution in [1.29, 1.82) is 0 Å². The van der Waals surface area contributed by atoms with Gasteiger partial charge in [-0.2, -0.15) is 4.98 Å². The topological polar surface area (TPSA) is 51.0 Å². The van der Waals surface area contributed by atoms with Crippen LogP contribution in [0.4, 0.5) is 6.01 Å². The molecule has 0 saturated carbocycles. The molecule has 92 valence electrons. The molecule has 0 spiro atoms. The highest BCUT2D eigenvalue weighted by Gasteiger charge is 2.08. The standard InChI is InChI=1S/C11H14BrN3OS/c1-7(2)10-14-11(16-15-10)13-6-5-8-3-4-9(12)17-8/h3-4,7H,5-6H2,1-2H3,(H,13,14,15). The molecule has 0 radical (unpaired) electrons. The number of nitrogens with one attached hydrogen (secondary N) is 1. The lowest BCUT2D eigenvalue weighted by atomic mass is 10.2. The molecule has 0 saturated heterocycles. The van der Waals surface area contributed by atoms with Gasteiger partial charge in [0.2, 0.25) is 0 Å². The van der Waals surface area contributed by atoms with Crippen molar-refractivity contribution in [2.45, 2.75) is 26.2 Å². The van der Waals surface area contributed by atoms with E-state index in [1.54, 1.807) is 11.3 Å². The number of anilines is 1. The number of thiophene rings is 1. The zero-order chi connectivity index (χ0) is 12.3. The van der Waals surface area contributed by atoms with Crippen molar-refractivity contribution >= 4 is 33.3 Å². The van der Waals surface area contributed by atoms with E-state index in [1.807, 2.05) is 13.8 Å².